The molecule has 0 saturated carbocycles. The standard InChI is InChI=1S/C11H17N3O3/c1-16-10(15)8-9-12-11(13-17-9)14-6-4-2-3-5-7-14/h2-8H2,1H3. The fraction of sp³-hybridized carbons (Fsp3) is 0.727. The highest BCUT2D eigenvalue weighted by molar-refractivity contribution is 5.71. The van der Waals surface area contributed by atoms with Gasteiger partial charge in [-0.2, -0.15) is 4.98 Å². The molecule has 0 aliphatic carbocycles. The molecule has 1 fully saturated rings. The van der Waals surface area contributed by atoms with Crippen LogP contribution in [0.3, 0.4) is 0 Å². The third kappa shape index (κ3) is 3.18. The highest BCUT2D eigenvalue weighted by Crippen LogP contribution is 2.16. The Kier molecular flexibility index (Phi) is 3.95. The Morgan fingerprint density at radius 3 is 2.71 bits per heavy atom. The lowest BCUT2D eigenvalue weighted by atomic mass is 10.2. The number of carbonyl (C=O) groups excluding carboxylic acids is 1. The van der Waals surface area contributed by atoms with Crippen molar-refractivity contribution < 1.29 is 14.1 Å². The summed E-state index contributed by atoms with van der Waals surface area (Å²) in [6.07, 6.45) is 4.85. The fourth-order valence-corrected chi connectivity index (χ4v) is 1.91. The second-order valence-electron chi connectivity index (χ2n) is 4.14. The van der Waals surface area contributed by atoms with Gasteiger partial charge in [-0.25, -0.2) is 0 Å². The monoisotopic (exact) mass is 239 g/mol. The average Bonchev–Trinajstić information content (AvgIpc) is 2.63. The van der Waals surface area contributed by atoms with Crippen LogP contribution in [0.1, 0.15) is 31.6 Å². The van der Waals surface area contributed by atoms with Crippen LogP contribution in [0.4, 0.5) is 5.95 Å². The van der Waals surface area contributed by atoms with E-state index in [4.69, 9.17) is 4.52 Å². The zero-order valence-corrected chi connectivity index (χ0v) is 10.0. The van der Waals surface area contributed by atoms with Gasteiger partial charge in [-0.1, -0.05) is 12.8 Å². The van der Waals surface area contributed by atoms with Gasteiger partial charge in [0.15, 0.2) is 0 Å². The molecular formula is C11H17N3O3. The minimum absolute atomic E-state index is 0.0390. The zero-order chi connectivity index (χ0) is 12.1. The summed E-state index contributed by atoms with van der Waals surface area (Å²) in [6.45, 7) is 1.91. The topological polar surface area (TPSA) is 68.5 Å². The van der Waals surface area contributed by atoms with Crippen molar-refractivity contribution in [2.24, 2.45) is 0 Å². The number of ether oxygens (including phenoxy) is 1. The van der Waals surface area contributed by atoms with Crippen molar-refractivity contribution in [3.05, 3.63) is 5.89 Å². The molecule has 0 bridgehead atoms. The van der Waals surface area contributed by atoms with Gasteiger partial charge in [0.05, 0.1) is 7.11 Å². The first-order valence-corrected chi connectivity index (χ1v) is 5.94. The number of hydrogen-bond acceptors (Lipinski definition) is 6. The Morgan fingerprint density at radius 1 is 1.35 bits per heavy atom. The molecule has 1 saturated heterocycles. The zero-order valence-electron chi connectivity index (χ0n) is 10.0. The number of hydrogen-bond donors (Lipinski definition) is 0. The molecule has 1 aliphatic rings. The van der Waals surface area contributed by atoms with Gasteiger partial charge >= 0.3 is 5.97 Å². The van der Waals surface area contributed by atoms with Crippen molar-refractivity contribution in [2.75, 3.05) is 25.1 Å². The van der Waals surface area contributed by atoms with Crippen LogP contribution in [0.2, 0.25) is 0 Å². The maximum atomic E-state index is 11.1. The van der Waals surface area contributed by atoms with Crippen molar-refractivity contribution in [1.29, 1.82) is 0 Å². The molecule has 94 valence electrons. The lowest BCUT2D eigenvalue weighted by molar-refractivity contribution is -0.140. The van der Waals surface area contributed by atoms with E-state index in [0.29, 0.717) is 11.8 Å². The molecule has 6 nitrogen and oxygen atoms in total. The molecule has 2 heterocycles. The Bertz CT molecular complexity index is 370. The first kappa shape index (κ1) is 11.9. The molecule has 17 heavy (non-hydrogen) atoms. The van der Waals surface area contributed by atoms with Crippen molar-refractivity contribution >= 4 is 11.9 Å². The van der Waals surface area contributed by atoms with Gasteiger partial charge in [0.2, 0.25) is 5.89 Å². The van der Waals surface area contributed by atoms with Crippen molar-refractivity contribution in [3.8, 4) is 0 Å². The second-order valence-corrected chi connectivity index (χ2v) is 4.14. The van der Waals surface area contributed by atoms with Crippen LogP contribution < -0.4 is 4.90 Å². The summed E-state index contributed by atoms with van der Waals surface area (Å²) >= 11 is 0. The van der Waals surface area contributed by atoms with E-state index < -0.39 is 0 Å². The summed E-state index contributed by atoms with van der Waals surface area (Å²) in [5.41, 5.74) is 0. The molecule has 0 spiro atoms. The number of anilines is 1. The molecule has 0 aromatic carbocycles. The Morgan fingerprint density at radius 2 is 2.06 bits per heavy atom. The van der Waals surface area contributed by atoms with Crippen LogP contribution in [-0.4, -0.2) is 36.3 Å². The van der Waals surface area contributed by atoms with Gasteiger partial charge in [-0.05, 0) is 18.0 Å². The summed E-state index contributed by atoms with van der Waals surface area (Å²) in [5, 5.41) is 3.90. The van der Waals surface area contributed by atoms with Crippen molar-refractivity contribution in [3.63, 3.8) is 0 Å². The molecule has 0 amide bonds. The van der Waals surface area contributed by atoms with E-state index in [0.717, 1.165) is 25.9 Å². The van der Waals surface area contributed by atoms with Crippen LogP contribution in [0.5, 0.6) is 0 Å². The molecule has 1 aromatic heterocycles. The van der Waals surface area contributed by atoms with Gasteiger partial charge in [0, 0.05) is 13.1 Å². The summed E-state index contributed by atoms with van der Waals surface area (Å²) in [4.78, 5) is 17.4. The smallest absolute Gasteiger partial charge is 0.315 e. The van der Waals surface area contributed by atoms with Gasteiger partial charge in [-0.15, -0.1) is 0 Å². The molecule has 1 aromatic rings. The number of methoxy groups -OCH3 is 1. The molecule has 0 unspecified atom stereocenters. The number of aromatic nitrogens is 2. The van der Waals surface area contributed by atoms with Gasteiger partial charge in [0.1, 0.15) is 6.42 Å². The SMILES string of the molecule is COC(=O)Cc1nc(N2CCCCCC2)no1. The Labute approximate surface area is 99.9 Å². The van der Waals surface area contributed by atoms with Crippen molar-refractivity contribution in [2.45, 2.75) is 32.1 Å². The highest BCUT2D eigenvalue weighted by atomic mass is 16.5. The van der Waals surface area contributed by atoms with Crippen molar-refractivity contribution in [1.82, 2.24) is 10.1 Å². The summed E-state index contributed by atoms with van der Waals surface area (Å²) in [7, 11) is 1.34. The summed E-state index contributed by atoms with van der Waals surface area (Å²) in [5.74, 6) is 0.540. The molecule has 2 rings (SSSR count). The molecular weight excluding hydrogens is 222 g/mol. The van der Waals surface area contributed by atoms with Gasteiger partial charge in [-0.3, -0.25) is 4.79 Å². The Hall–Kier alpha value is -1.59. The van der Waals surface area contributed by atoms with E-state index in [1.54, 1.807) is 0 Å². The molecule has 0 radical (unpaired) electrons. The van der Waals surface area contributed by atoms with Crippen LogP contribution in [0, 0.1) is 0 Å². The molecule has 0 atom stereocenters. The van der Waals surface area contributed by atoms with Gasteiger partial charge < -0.3 is 14.2 Å². The quantitative estimate of drug-likeness (QED) is 0.737. The number of carbonyl (C=O) groups is 1. The second kappa shape index (κ2) is 5.65. The molecule has 6 heteroatoms. The third-order valence-electron chi connectivity index (χ3n) is 2.87. The van der Waals surface area contributed by atoms with Crippen LogP contribution in [0.25, 0.3) is 0 Å². The van der Waals surface area contributed by atoms with E-state index in [1.807, 2.05) is 0 Å². The van der Waals surface area contributed by atoms with Gasteiger partial charge in [0.25, 0.3) is 5.95 Å². The predicted octanol–water partition coefficient (Wildman–Crippen LogP) is 1.17. The first-order chi connectivity index (χ1) is 8.29. The van der Waals surface area contributed by atoms with Crippen LogP contribution in [-0.2, 0) is 16.0 Å². The number of esters is 1. The maximum absolute atomic E-state index is 11.1. The first-order valence-electron chi connectivity index (χ1n) is 5.94. The van der Waals surface area contributed by atoms with E-state index >= 15 is 0 Å². The molecule has 1 aliphatic heterocycles. The number of rotatable bonds is 3. The van der Waals surface area contributed by atoms with Crippen LogP contribution >= 0.6 is 0 Å². The third-order valence-corrected chi connectivity index (χ3v) is 2.87. The minimum Gasteiger partial charge on any atom is -0.469 e. The lowest BCUT2D eigenvalue weighted by Gasteiger charge is -2.16. The predicted molar refractivity (Wildman–Crippen MR) is 60.7 cm³/mol. The summed E-state index contributed by atoms with van der Waals surface area (Å²) in [6, 6.07) is 0. The molecule has 0 N–H and O–H groups in total. The summed E-state index contributed by atoms with van der Waals surface area (Å²) < 4.78 is 9.58. The highest BCUT2D eigenvalue weighted by Gasteiger charge is 2.17. The van der Waals surface area contributed by atoms with Crippen LogP contribution in [0.15, 0.2) is 4.52 Å². The van der Waals surface area contributed by atoms with E-state index in [9.17, 15) is 4.79 Å². The fourth-order valence-electron chi connectivity index (χ4n) is 1.91. The number of nitrogens with zero attached hydrogens (tertiary/aromatic N) is 3. The maximum Gasteiger partial charge on any atom is 0.315 e. The lowest BCUT2D eigenvalue weighted by Crippen LogP contribution is -2.25. The normalized spacial score (nSPS) is 16.6. The van der Waals surface area contributed by atoms with E-state index in [-0.39, 0.29) is 12.4 Å². The van der Waals surface area contributed by atoms with E-state index in [2.05, 4.69) is 19.8 Å². The van der Waals surface area contributed by atoms with E-state index in [1.165, 1.54) is 20.0 Å². The largest absolute Gasteiger partial charge is 0.469 e. The Balaban J connectivity index is 1.98. The minimum atomic E-state index is -0.365. The average molecular weight is 239 g/mol.